The van der Waals surface area contributed by atoms with E-state index in [-0.39, 0.29) is 23.8 Å². The zero-order valence-corrected chi connectivity index (χ0v) is 22.8. The smallest absolute Gasteiger partial charge is 0.321 e. The van der Waals surface area contributed by atoms with Gasteiger partial charge in [-0.1, -0.05) is 31.5 Å². The minimum Gasteiger partial charge on any atom is -0.369 e. The van der Waals surface area contributed by atoms with Gasteiger partial charge in [-0.25, -0.2) is 4.79 Å². The first-order valence-corrected chi connectivity index (χ1v) is 13.3. The second kappa shape index (κ2) is 13.1. The van der Waals surface area contributed by atoms with E-state index >= 15 is 0 Å². The Labute approximate surface area is 221 Å². The Kier molecular flexibility index (Phi) is 9.94. The molecule has 1 heterocycles. The molecule has 0 spiro atoms. The van der Waals surface area contributed by atoms with Crippen LogP contribution in [0.1, 0.15) is 56.5 Å². The van der Waals surface area contributed by atoms with Gasteiger partial charge in [0.05, 0.1) is 5.56 Å². The highest BCUT2D eigenvalue weighted by Crippen LogP contribution is 2.27. The summed E-state index contributed by atoms with van der Waals surface area (Å²) in [4.78, 5) is 44.6. The molecule has 1 saturated heterocycles. The topological polar surface area (TPSA) is 85.0 Å². The standard InChI is InChI=1S/C29H41N5O3/c1-6-32(7-2)28(36)25-20-24(30-27(35)19-21(3)4)13-14-26(25)33-15-8-16-34(18-17-33)29(37)31-23-11-9-22(5)10-12-23/h9-14,20-21H,6-8,15-19H2,1-5H3,(H,30,35)(H,31,37). The molecule has 0 bridgehead atoms. The van der Waals surface area contributed by atoms with Crippen LogP contribution in [0.4, 0.5) is 21.9 Å². The van der Waals surface area contributed by atoms with E-state index in [0.717, 1.165) is 29.9 Å². The molecule has 3 rings (SSSR count). The highest BCUT2D eigenvalue weighted by molar-refractivity contribution is 6.02. The van der Waals surface area contributed by atoms with Crippen molar-refractivity contribution < 1.29 is 14.4 Å². The molecule has 200 valence electrons. The number of urea groups is 1. The van der Waals surface area contributed by atoms with Crippen LogP contribution in [-0.2, 0) is 4.79 Å². The number of anilines is 3. The normalized spacial score (nSPS) is 13.8. The molecule has 1 fully saturated rings. The summed E-state index contributed by atoms with van der Waals surface area (Å²) in [6.45, 7) is 13.7. The number of nitrogens with one attached hydrogen (secondary N) is 2. The number of carbonyl (C=O) groups is 3. The van der Waals surface area contributed by atoms with Crippen LogP contribution in [0.25, 0.3) is 0 Å². The van der Waals surface area contributed by atoms with Gasteiger partial charge in [0.2, 0.25) is 5.91 Å². The van der Waals surface area contributed by atoms with Gasteiger partial charge in [-0.3, -0.25) is 9.59 Å². The third-order valence-corrected chi connectivity index (χ3v) is 6.58. The molecule has 0 aromatic heterocycles. The van der Waals surface area contributed by atoms with Gasteiger partial charge in [0.15, 0.2) is 0 Å². The fraction of sp³-hybridized carbons (Fsp3) is 0.483. The van der Waals surface area contributed by atoms with Crippen LogP contribution in [0.3, 0.4) is 0 Å². The van der Waals surface area contributed by atoms with Crippen molar-refractivity contribution in [3.8, 4) is 0 Å². The number of aryl methyl sites for hydroxylation is 1. The van der Waals surface area contributed by atoms with E-state index in [1.54, 1.807) is 11.0 Å². The molecule has 8 nitrogen and oxygen atoms in total. The van der Waals surface area contributed by atoms with Crippen LogP contribution >= 0.6 is 0 Å². The summed E-state index contributed by atoms with van der Waals surface area (Å²) in [5, 5.41) is 5.93. The maximum atomic E-state index is 13.5. The summed E-state index contributed by atoms with van der Waals surface area (Å²) in [6, 6.07) is 13.2. The number of benzene rings is 2. The molecular weight excluding hydrogens is 466 g/mol. The van der Waals surface area contributed by atoms with E-state index in [1.807, 2.05) is 75.9 Å². The molecule has 37 heavy (non-hydrogen) atoms. The molecule has 0 atom stereocenters. The minimum atomic E-state index is -0.117. The van der Waals surface area contributed by atoms with Crippen LogP contribution in [0.2, 0.25) is 0 Å². The molecule has 2 N–H and O–H groups in total. The summed E-state index contributed by atoms with van der Waals surface area (Å²) in [6.07, 6.45) is 1.21. The van der Waals surface area contributed by atoms with E-state index < -0.39 is 0 Å². The Balaban J connectivity index is 1.78. The predicted octanol–water partition coefficient (Wildman–Crippen LogP) is 5.21. The number of hydrogen-bond donors (Lipinski definition) is 2. The van der Waals surface area contributed by atoms with Gasteiger partial charge in [0, 0.05) is 62.8 Å². The third-order valence-electron chi connectivity index (χ3n) is 6.58. The maximum absolute atomic E-state index is 13.5. The molecule has 0 aliphatic carbocycles. The highest BCUT2D eigenvalue weighted by Gasteiger charge is 2.25. The Bertz CT molecular complexity index is 1080. The number of hydrogen-bond acceptors (Lipinski definition) is 4. The lowest BCUT2D eigenvalue weighted by atomic mass is 10.1. The quantitative estimate of drug-likeness (QED) is 0.514. The second-order valence-corrected chi connectivity index (χ2v) is 9.98. The van der Waals surface area contributed by atoms with E-state index in [1.165, 1.54) is 0 Å². The van der Waals surface area contributed by atoms with Crippen LogP contribution in [0, 0.1) is 12.8 Å². The highest BCUT2D eigenvalue weighted by atomic mass is 16.2. The third kappa shape index (κ3) is 7.71. The Morgan fingerprint density at radius 1 is 0.892 bits per heavy atom. The van der Waals surface area contributed by atoms with Gasteiger partial charge in [0.25, 0.3) is 5.91 Å². The van der Waals surface area contributed by atoms with E-state index in [2.05, 4.69) is 15.5 Å². The Hall–Kier alpha value is -3.55. The molecule has 0 unspecified atom stereocenters. The maximum Gasteiger partial charge on any atom is 0.321 e. The minimum absolute atomic E-state index is 0.0572. The lowest BCUT2D eigenvalue weighted by molar-refractivity contribution is -0.116. The molecule has 8 heteroatoms. The summed E-state index contributed by atoms with van der Waals surface area (Å²) in [5.41, 5.74) is 3.95. The van der Waals surface area contributed by atoms with E-state index in [4.69, 9.17) is 0 Å². The summed E-state index contributed by atoms with van der Waals surface area (Å²) in [5.74, 6) is 0.131. The van der Waals surface area contributed by atoms with Gasteiger partial charge < -0.3 is 25.3 Å². The van der Waals surface area contributed by atoms with Crippen molar-refractivity contribution in [2.24, 2.45) is 5.92 Å². The predicted molar refractivity (Wildman–Crippen MR) is 150 cm³/mol. The summed E-state index contributed by atoms with van der Waals surface area (Å²) >= 11 is 0. The van der Waals surface area contributed by atoms with E-state index in [0.29, 0.717) is 50.4 Å². The fourth-order valence-electron chi connectivity index (χ4n) is 4.53. The molecule has 0 saturated carbocycles. The van der Waals surface area contributed by atoms with Gasteiger partial charge in [-0.2, -0.15) is 0 Å². The monoisotopic (exact) mass is 507 g/mol. The first-order valence-electron chi connectivity index (χ1n) is 13.3. The van der Waals surface area contributed by atoms with Crippen molar-refractivity contribution in [1.29, 1.82) is 0 Å². The molecular formula is C29H41N5O3. The first kappa shape index (κ1) is 28.0. The zero-order valence-electron chi connectivity index (χ0n) is 22.8. The van der Waals surface area contributed by atoms with E-state index in [9.17, 15) is 14.4 Å². The molecule has 2 aromatic carbocycles. The van der Waals surface area contributed by atoms with Crippen molar-refractivity contribution >= 4 is 34.9 Å². The Morgan fingerprint density at radius 3 is 2.22 bits per heavy atom. The molecule has 2 aromatic rings. The van der Waals surface area contributed by atoms with Gasteiger partial charge in [0.1, 0.15) is 0 Å². The van der Waals surface area contributed by atoms with Crippen LogP contribution < -0.4 is 15.5 Å². The summed E-state index contributed by atoms with van der Waals surface area (Å²) in [7, 11) is 0. The van der Waals surface area contributed by atoms with Gasteiger partial charge in [-0.05, 0) is 63.4 Å². The number of nitrogens with zero attached hydrogens (tertiary/aromatic N) is 3. The zero-order chi connectivity index (χ0) is 26.9. The van der Waals surface area contributed by atoms with Crippen molar-refractivity contribution in [2.45, 2.75) is 47.5 Å². The molecule has 1 aliphatic heterocycles. The molecule has 1 aliphatic rings. The average molecular weight is 508 g/mol. The largest absolute Gasteiger partial charge is 0.369 e. The SMILES string of the molecule is CCN(CC)C(=O)c1cc(NC(=O)CC(C)C)ccc1N1CCCN(C(=O)Nc2ccc(C)cc2)CC1. The number of rotatable bonds is 8. The second-order valence-electron chi connectivity index (χ2n) is 9.98. The van der Waals surface area contributed by atoms with Crippen LogP contribution in [-0.4, -0.2) is 66.9 Å². The molecule has 0 radical (unpaired) electrons. The summed E-state index contributed by atoms with van der Waals surface area (Å²) < 4.78 is 0. The first-order chi connectivity index (χ1) is 17.7. The number of amides is 4. The lowest BCUT2D eigenvalue weighted by Gasteiger charge is -2.28. The van der Waals surface area contributed by atoms with Crippen LogP contribution in [0.15, 0.2) is 42.5 Å². The van der Waals surface area contributed by atoms with Crippen LogP contribution in [0.5, 0.6) is 0 Å². The van der Waals surface area contributed by atoms with Crippen molar-refractivity contribution in [1.82, 2.24) is 9.80 Å². The number of carbonyl (C=O) groups excluding carboxylic acids is 3. The lowest BCUT2D eigenvalue weighted by Crippen LogP contribution is -2.38. The molecule has 4 amide bonds. The van der Waals surface area contributed by atoms with Crippen molar-refractivity contribution in [3.63, 3.8) is 0 Å². The van der Waals surface area contributed by atoms with Crippen molar-refractivity contribution in [3.05, 3.63) is 53.6 Å². The van der Waals surface area contributed by atoms with Gasteiger partial charge in [-0.15, -0.1) is 0 Å². The Morgan fingerprint density at radius 2 is 1.57 bits per heavy atom. The fourth-order valence-corrected chi connectivity index (χ4v) is 4.53. The van der Waals surface area contributed by atoms with Crippen molar-refractivity contribution in [2.75, 3.05) is 54.8 Å². The average Bonchev–Trinajstić information content (AvgIpc) is 3.12. The van der Waals surface area contributed by atoms with Gasteiger partial charge >= 0.3 is 6.03 Å².